The summed E-state index contributed by atoms with van der Waals surface area (Å²) in [6, 6.07) is 0. The molecule has 0 aliphatic heterocycles. The summed E-state index contributed by atoms with van der Waals surface area (Å²) >= 11 is -1.29. The molecule has 0 unspecified atom stereocenters. The fourth-order valence-electron chi connectivity index (χ4n) is 0.258. The van der Waals surface area contributed by atoms with Crippen molar-refractivity contribution in [3.05, 3.63) is 0 Å². The van der Waals surface area contributed by atoms with Gasteiger partial charge in [-0.15, -0.1) is 0 Å². The Morgan fingerprint density at radius 1 is 0.933 bits per heavy atom. The van der Waals surface area contributed by atoms with Crippen molar-refractivity contribution in [2.24, 2.45) is 0 Å². The van der Waals surface area contributed by atoms with Crippen LogP contribution in [0.5, 0.6) is 0 Å². The van der Waals surface area contributed by atoms with Gasteiger partial charge in [-0.2, -0.15) is 14.2 Å². The molecule has 0 rings (SSSR count). The first-order valence-corrected chi connectivity index (χ1v) is 5.44. The van der Waals surface area contributed by atoms with Crippen molar-refractivity contribution in [2.45, 2.75) is 26.7 Å². The molecule has 0 radical (unpaired) electrons. The third-order valence-electron chi connectivity index (χ3n) is 0.888. The molecule has 0 bridgehead atoms. The van der Waals surface area contributed by atoms with Crippen LogP contribution in [0.3, 0.4) is 0 Å². The fraction of sp³-hybridized carbons (Fsp3) is 0.750. The van der Waals surface area contributed by atoms with Crippen LogP contribution >= 0.6 is 0 Å². The number of rotatable bonds is 4. The monoisotopic (exact) mass is 256 g/mol. The molecule has 88 valence electrons. The summed E-state index contributed by atoms with van der Waals surface area (Å²) in [4.78, 5) is 21.0. The standard InChI is InChI=1S/2C3H6O2.2CH3O.Ti/c2*1-2-3(4)5;2*1-2;/h2*2H2,1H3,(H,4,5);2*1H3;/q;;2*-1;+4/p-2. The van der Waals surface area contributed by atoms with Crippen molar-refractivity contribution >= 4 is 11.9 Å². The molecule has 0 atom stereocenters. The van der Waals surface area contributed by atoms with Crippen molar-refractivity contribution in [2.75, 3.05) is 14.2 Å². The minimum atomic E-state index is -1.29. The molecule has 0 saturated carbocycles. The third kappa shape index (κ3) is 19.8. The van der Waals surface area contributed by atoms with Crippen LogP contribution in [0, 0.1) is 0 Å². The maximum Gasteiger partial charge on any atom is -0.153 e. The van der Waals surface area contributed by atoms with Gasteiger partial charge in [0.2, 0.25) is 0 Å². The molecule has 6 nitrogen and oxygen atoms in total. The van der Waals surface area contributed by atoms with E-state index in [9.17, 15) is 9.59 Å². The Kier molecular flexibility index (Phi) is 25.7. The molecular formula is C8H16O6Ti. The molecule has 0 aromatic carbocycles. The topological polar surface area (TPSA) is 98.7 Å². The van der Waals surface area contributed by atoms with E-state index in [0.29, 0.717) is 12.8 Å². The van der Waals surface area contributed by atoms with Crippen LogP contribution in [0.4, 0.5) is 0 Å². The van der Waals surface area contributed by atoms with Gasteiger partial charge in [-0.25, -0.2) is 0 Å². The van der Waals surface area contributed by atoms with Crippen LogP contribution < -0.4 is 10.2 Å². The van der Waals surface area contributed by atoms with Crippen molar-refractivity contribution in [3.63, 3.8) is 0 Å². The summed E-state index contributed by atoms with van der Waals surface area (Å²) in [7, 11) is 1.50. The largest absolute Gasteiger partial charge is 0.857 e. The molecule has 7 heteroatoms. The number of carbonyl (C=O) groups excluding carboxylic acids is 2. The quantitative estimate of drug-likeness (QED) is 0.583. The molecular weight excluding hydrogens is 240 g/mol. The number of hydrogen-bond acceptors (Lipinski definition) is 6. The minimum absolute atomic E-state index is 0.311. The molecule has 0 amide bonds. The SMILES string of the molecule is CCC(=O)[O][Ti+2][O]C(=O)CC.C[O-].C[O-]. The van der Waals surface area contributed by atoms with E-state index < -0.39 is 19.9 Å². The van der Waals surface area contributed by atoms with Gasteiger partial charge < -0.3 is 10.2 Å². The van der Waals surface area contributed by atoms with Gasteiger partial charge >= 0.3 is 74.8 Å². The third-order valence-corrected chi connectivity index (χ3v) is 1.86. The average Bonchev–Trinajstić information content (AvgIpc) is 2.33. The predicted molar refractivity (Wildman–Crippen MR) is 44.6 cm³/mol. The Bertz CT molecular complexity index is 134. The summed E-state index contributed by atoms with van der Waals surface area (Å²) in [5.74, 6) is -0.622. The predicted octanol–water partition coefficient (Wildman–Crippen LogP) is -1.24. The summed E-state index contributed by atoms with van der Waals surface area (Å²) in [5, 5.41) is 16.5. The Labute approximate surface area is 99.5 Å². The summed E-state index contributed by atoms with van der Waals surface area (Å²) < 4.78 is 9.21. The van der Waals surface area contributed by atoms with Crippen molar-refractivity contribution in [3.8, 4) is 0 Å². The first-order valence-electron chi connectivity index (χ1n) is 4.16. The average molecular weight is 256 g/mol. The van der Waals surface area contributed by atoms with E-state index in [0.717, 1.165) is 14.2 Å². The Balaban J connectivity index is -0.000000318. The molecule has 0 aromatic heterocycles. The van der Waals surface area contributed by atoms with Crippen LogP contribution in [0.25, 0.3) is 0 Å². The molecule has 0 heterocycles. The molecule has 15 heavy (non-hydrogen) atoms. The maximum absolute atomic E-state index is 10.5. The normalized spacial score (nSPS) is 6.80. The second kappa shape index (κ2) is 19.2. The first kappa shape index (κ1) is 20.0. The zero-order valence-electron chi connectivity index (χ0n) is 9.36. The Hall–Kier alpha value is -0.426. The van der Waals surface area contributed by atoms with Crippen molar-refractivity contribution in [1.29, 1.82) is 0 Å². The number of hydrogen-bond donors (Lipinski definition) is 0. The molecule has 0 spiro atoms. The smallest absolute Gasteiger partial charge is 0.153 e. The number of carbonyl (C=O) groups is 2. The second-order valence-electron chi connectivity index (χ2n) is 1.74. The summed E-state index contributed by atoms with van der Waals surface area (Å²) in [5.41, 5.74) is 0. The maximum atomic E-state index is 10.5. The van der Waals surface area contributed by atoms with E-state index >= 15 is 0 Å². The van der Waals surface area contributed by atoms with Crippen LogP contribution in [0.15, 0.2) is 0 Å². The van der Waals surface area contributed by atoms with Gasteiger partial charge in [0.05, 0.1) is 0 Å². The molecule has 0 N–H and O–H groups in total. The van der Waals surface area contributed by atoms with E-state index in [-0.39, 0.29) is 11.9 Å². The Morgan fingerprint density at radius 2 is 1.20 bits per heavy atom. The molecule has 0 saturated heterocycles. The van der Waals surface area contributed by atoms with Crippen molar-refractivity contribution in [1.82, 2.24) is 0 Å². The summed E-state index contributed by atoms with van der Waals surface area (Å²) in [6.07, 6.45) is 0.653. The van der Waals surface area contributed by atoms with Crippen LogP contribution in [0.2, 0.25) is 0 Å². The van der Waals surface area contributed by atoms with E-state index in [1.807, 2.05) is 0 Å². The molecule has 0 aromatic rings. The van der Waals surface area contributed by atoms with Crippen LogP contribution in [-0.4, -0.2) is 26.2 Å². The van der Waals surface area contributed by atoms with Gasteiger partial charge in [0.25, 0.3) is 0 Å². The van der Waals surface area contributed by atoms with E-state index in [1.54, 1.807) is 13.8 Å². The van der Waals surface area contributed by atoms with Gasteiger partial charge in [0.1, 0.15) is 0 Å². The van der Waals surface area contributed by atoms with Gasteiger partial charge in [0, 0.05) is 0 Å². The first-order chi connectivity index (χ1) is 7.20. The van der Waals surface area contributed by atoms with E-state index in [4.69, 9.17) is 10.2 Å². The molecule has 0 aliphatic carbocycles. The second-order valence-corrected chi connectivity index (χ2v) is 2.64. The van der Waals surface area contributed by atoms with E-state index in [1.165, 1.54) is 0 Å². The van der Waals surface area contributed by atoms with E-state index in [2.05, 4.69) is 6.64 Å². The minimum Gasteiger partial charge on any atom is -0.857 e. The zero-order valence-corrected chi connectivity index (χ0v) is 10.9. The van der Waals surface area contributed by atoms with Crippen LogP contribution in [-0.2, 0) is 36.2 Å². The van der Waals surface area contributed by atoms with Crippen molar-refractivity contribution < 1.29 is 46.4 Å². The van der Waals surface area contributed by atoms with Gasteiger partial charge in [-0.3, -0.25) is 0 Å². The van der Waals surface area contributed by atoms with Gasteiger partial charge in [-0.05, 0) is 0 Å². The summed E-state index contributed by atoms with van der Waals surface area (Å²) in [6.45, 7) is 3.38. The fourth-order valence-corrected chi connectivity index (χ4v) is 1.06. The Morgan fingerprint density at radius 3 is 1.40 bits per heavy atom. The van der Waals surface area contributed by atoms with Gasteiger partial charge in [0.15, 0.2) is 0 Å². The van der Waals surface area contributed by atoms with Crippen LogP contribution in [0.1, 0.15) is 26.7 Å². The molecule has 0 aliphatic rings. The van der Waals surface area contributed by atoms with Gasteiger partial charge in [-0.1, -0.05) is 0 Å². The molecule has 0 fully saturated rings. The zero-order chi connectivity index (χ0) is 12.7.